The van der Waals surface area contributed by atoms with E-state index in [-0.39, 0.29) is 0 Å². The number of rotatable bonds is 3. The smallest absolute Gasteiger partial charge is 0.175 e. The van der Waals surface area contributed by atoms with Gasteiger partial charge >= 0.3 is 0 Å². The highest BCUT2D eigenvalue weighted by molar-refractivity contribution is 7.90. The number of para-hydroxylation sites is 1. The Morgan fingerprint density at radius 3 is 2.27 bits per heavy atom. The van der Waals surface area contributed by atoms with Crippen LogP contribution in [-0.2, 0) is 9.84 Å². The van der Waals surface area contributed by atoms with Crippen LogP contribution in [0.4, 0.5) is 5.69 Å². The fraction of sp³-hybridized carbons (Fsp3) is 0.333. The first-order valence-corrected chi connectivity index (χ1v) is 9.53. The van der Waals surface area contributed by atoms with Crippen LogP contribution in [0, 0.1) is 0 Å². The van der Waals surface area contributed by atoms with Gasteiger partial charge in [-0.3, -0.25) is 0 Å². The SMILES string of the molecule is CS(=O)(=O)c1cccc(C2CCN(c3ccccc3)CC2)c1. The Hall–Kier alpha value is -1.81. The number of nitrogens with zero attached hydrogens (tertiary/aromatic N) is 1. The molecule has 1 heterocycles. The van der Waals surface area contributed by atoms with Crippen molar-refractivity contribution in [1.82, 2.24) is 0 Å². The van der Waals surface area contributed by atoms with Gasteiger partial charge in [0.1, 0.15) is 0 Å². The highest BCUT2D eigenvalue weighted by Gasteiger charge is 2.21. The van der Waals surface area contributed by atoms with Crippen molar-refractivity contribution in [2.24, 2.45) is 0 Å². The summed E-state index contributed by atoms with van der Waals surface area (Å²) in [5, 5.41) is 0. The molecule has 4 heteroatoms. The summed E-state index contributed by atoms with van der Waals surface area (Å²) >= 11 is 0. The molecular weight excluding hydrogens is 294 g/mol. The zero-order chi connectivity index (χ0) is 15.6. The lowest BCUT2D eigenvalue weighted by atomic mass is 9.89. The van der Waals surface area contributed by atoms with Crippen molar-refractivity contribution in [2.45, 2.75) is 23.7 Å². The van der Waals surface area contributed by atoms with E-state index in [1.807, 2.05) is 18.2 Å². The maximum Gasteiger partial charge on any atom is 0.175 e. The molecule has 0 bridgehead atoms. The van der Waals surface area contributed by atoms with Crippen LogP contribution < -0.4 is 4.90 Å². The van der Waals surface area contributed by atoms with Crippen molar-refractivity contribution in [3.8, 4) is 0 Å². The molecule has 0 aliphatic carbocycles. The molecule has 1 fully saturated rings. The van der Waals surface area contributed by atoms with Crippen molar-refractivity contribution in [3.63, 3.8) is 0 Å². The minimum atomic E-state index is -3.13. The van der Waals surface area contributed by atoms with E-state index in [1.54, 1.807) is 6.07 Å². The Kier molecular flexibility index (Phi) is 4.21. The van der Waals surface area contributed by atoms with Gasteiger partial charge in [-0.05, 0) is 48.6 Å². The fourth-order valence-electron chi connectivity index (χ4n) is 3.11. The average Bonchev–Trinajstić information content (AvgIpc) is 2.55. The van der Waals surface area contributed by atoms with Crippen LogP contribution in [0.3, 0.4) is 0 Å². The molecular formula is C18H21NO2S. The molecule has 1 aliphatic heterocycles. The Morgan fingerprint density at radius 2 is 1.64 bits per heavy atom. The van der Waals surface area contributed by atoms with Crippen LogP contribution >= 0.6 is 0 Å². The zero-order valence-corrected chi connectivity index (χ0v) is 13.6. The van der Waals surface area contributed by atoms with E-state index in [9.17, 15) is 8.42 Å². The molecule has 0 spiro atoms. The largest absolute Gasteiger partial charge is 0.371 e. The van der Waals surface area contributed by atoms with Crippen LogP contribution in [0.5, 0.6) is 0 Å². The second-order valence-corrected chi connectivity index (χ2v) is 7.96. The predicted octanol–water partition coefficient (Wildman–Crippen LogP) is 3.47. The zero-order valence-electron chi connectivity index (χ0n) is 12.8. The summed E-state index contributed by atoms with van der Waals surface area (Å²) in [7, 11) is -3.13. The standard InChI is InChI=1S/C18H21NO2S/c1-22(20,21)18-9-5-6-16(14-18)15-10-12-19(13-11-15)17-7-3-2-4-8-17/h2-9,14-15H,10-13H2,1H3. The van der Waals surface area contributed by atoms with Gasteiger partial charge in [0.25, 0.3) is 0 Å². The van der Waals surface area contributed by atoms with Gasteiger partial charge in [0, 0.05) is 25.0 Å². The highest BCUT2D eigenvalue weighted by atomic mass is 32.2. The molecule has 0 N–H and O–H groups in total. The van der Waals surface area contributed by atoms with Crippen molar-refractivity contribution >= 4 is 15.5 Å². The lowest BCUT2D eigenvalue weighted by molar-refractivity contribution is 0.504. The third kappa shape index (κ3) is 3.33. The second kappa shape index (κ2) is 6.13. The Balaban J connectivity index is 1.72. The van der Waals surface area contributed by atoms with Crippen LogP contribution in [0.25, 0.3) is 0 Å². The number of piperidine rings is 1. The fourth-order valence-corrected chi connectivity index (χ4v) is 3.78. The van der Waals surface area contributed by atoms with Gasteiger partial charge in [-0.2, -0.15) is 0 Å². The van der Waals surface area contributed by atoms with Gasteiger partial charge < -0.3 is 4.90 Å². The first kappa shape index (κ1) is 15.1. The van der Waals surface area contributed by atoms with E-state index in [0.29, 0.717) is 10.8 Å². The van der Waals surface area contributed by atoms with Crippen molar-refractivity contribution in [1.29, 1.82) is 0 Å². The van der Waals surface area contributed by atoms with E-state index >= 15 is 0 Å². The molecule has 0 atom stereocenters. The molecule has 2 aromatic carbocycles. The molecule has 0 saturated carbocycles. The minimum Gasteiger partial charge on any atom is -0.371 e. The van der Waals surface area contributed by atoms with Crippen LogP contribution in [0.1, 0.15) is 24.3 Å². The molecule has 1 aliphatic rings. The number of sulfone groups is 1. The summed E-state index contributed by atoms with van der Waals surface area (Å²) in [5.74, 6) is 0.446. The number of benzene rings is 2. The lowest BCUT2D eigenvalue weighted by Crippen LogP contribution is -2.32. The third-order valence-electron chi connectivity index (χ3n) is 4.37. The van der Waals surface area contributed by atoms with E-state index in [2.05, 4.69) is 35.2 Å². The maximum absolute atomic E-state index is 11.7. The summed E-state index contributed by atoms with van der Waals surface area (Å²) in [6, 6.07) is 17.9. The van der Waals surface area contributed by atoms with Gasteiger partial charge in [0.2, 0.25) is 0 Å². The molecule has 0 aromatic heterocycles. The van der Waals surface area contributed by atoms with Crippen molar-refractivity contribution < 1.29 is 8.42 Å². The van der Waals surface area contributed by atoms with E-state index in [0.717, 1.165) is 31.5 Å². The topological polar surface area (TPSA) is 37.4 Å². The molecule has 3 rings (SSSR count). The number of anilines is 1. The Labute approximate surface area is 132 Å². The molecule has 22 heavy (non-hydrogen) atoms. The predicted molar refractivity (Wildman–Crippen MR) is 90.2 cm³/mol. The van der Waals surface area contributed by atoms with Gasteiger partial charge in [-0.15, -0.1) is 0 Å². The molecule has 0 radical (unpaired) electrons. The van der Waals surface area contributed by atoms with Crippen molar-refractivity contribution in [2.75, 3.05) is 24.2 Å². The summed E-state index contributed by atoms with van der Waals surface area (Å²) < 4.78 is 23.4. The average molecular weight is 315 g/mol. The van der Waals surface area contributed by atoms with Crippen LogP contribution in [0.15, 0.2) is 59.5 Å². The first-order chi connectivity index (χ1) is 10.5. The van der Waals surface area contributed by atoms with Gasteiger partial charge in [-0.25, -0.2) is 8.42 Å². The quantitative estimate of drug-likeness (QED) is 0.870. The highest BCUT2D eigenvalue weighted by Crippen LogP contribution is 2.31. The Morgan fingerprint density at radius 1 is 0.955 bits per heavy atom. The van der Waals surface area contributed by atoms with Gasteiger partial charge in [0.05, 0.1) is 4.90 Å². The molecule has 0 amide bonds. The van der Waals surface area contributed by atoms with E-state index < -0.39 is 9.84 Å². The summed E-state index contributed by atoms with van der Waals surface area (Å²) in [6.07, 6.45) is 3.38. The Bertz CT molecular complexity index is 733. The number of hydrogen-bond donors (Lipinski definition) is 0. The molecule has 2 aromatic rings. The van der Waals surface area contributed by atoms with Crippen LogP contribution in [0.2, 0.25) is 0 Å². The minimum absolute atomic E-state index is 0.426. The second-order valence-electron chi connectivity index (χ2n) is 5.94. The summed E-state index contributed by atoms with van der Waals surface area (Å²) in [5.41, 5.74) is 2.42. The normalized spacial score (nSPS) is 16.7. The maximum atomic E-state index is 11.7. The lowest BCUT2D eigenvalue weighted by Gasteiger charge is -2.34. The van der Waals surface area contributed by atoms with Gasteiger partial charge in [0.15, 0.2) is 9.84 Å². The summed E-state index contributed by atoms with van der Waals surface area (Å²) in [4.78, 5) is 2.83. The van der Waals surface area contributed by atoms with Crippen LogP contribution in [-0.4, -0.2) is 27.8 Å². The van der Waals surface area contributed by atoms with Crippen molar-refractivity contribution in [3.05, 3.63) is 60.2 Å². The molecule has 3 nitrogen and oxygen atoms in total. The molecule has 0 unspecified atom stereocenters. The molecule has 116 valence electrons. The van der Waals surface area contributed by atoms with Gasteiger partial charge in [-0.1, -0.05) is 30.3 Å². The monoisotopic (exact) mass is 315 g/mol. The molecule has 1 saturated heterocycles. The van der Waals surface area contributed by atoms with E-state index in [1.165, 1.54) is 11.9 Å². The number of hydrogen-bond acceptors (Lipinski definition) is 3. The first-order valence-electron chi connectivity index (χ1n) is 7.64. The van der Waals surface area contributed by atoms with E-state index in [4.69, 9.17) is 0 Å². The third-order valence-corrected chi connectivity index (χ3v) is 5.48. The summed E-state index contributed by atoms with van der Waals surface area (Å²) in [6.45, 7) is 2.02.